The number of carbonyl (C=O) groups excluding carboxylic acids is 1. The fourth-order valence-corrected chi connectivity index (χ4v) is 5.54. The second kappa shape index (κ2) is 9.60. The minimum atomic E-state index is -0.152. The minimum Gasteiger partial charge on any atom is -0.356 e. The van der Waals surface area contributed by atoms with Crippen molar-refractivity contribution in [1.82, 2.24) is 24.6 Å². The summed E-state index contributed by atoms with van der Waals surface area (Å²) in [4.78, 5) is 35.3. The third-order valence-electron chi connectivity index (χ3n) is 7.69. The van der Waals surface area contributed by atoms with Gasteiger partial charge in [-0.1, -0.05) is 6.07 Å². The molecule has 0 unspecified atom stereocenters. The predicted molar refractivity (Wildman–Crippen MR) is 137 cm³/mol. The molecule has 1 amide bonds. The SMILES string of the molecule is Cc1cc(C#N)cc([C@@H]2CCON2C(=O)C2CCN(c3cc(-n4cc(C5CC5)nc4C)ncn3)CC2)c1. The molecule has 3 aromatic rings. The third-order valence-corrected chi connectivity index (χ3v) is 7.69. The van der Waals surface area contributed by atoms with Gasteiger partial charge in [-0.05, 0) is 62.8 Å². The Labute approximate surface area is 216 Å². The van der Waals surface area contributed by atoms with Crippen LogP contribution < -0.4 is 4.90 Å². The van der Waals surface area contributed by atoms with Gasteiger partial charge in [0.1, 0.15) is 23.8 Å². The van der Waals surface area contributed by atoms with Gasteiger partial charge in [0, 0.05) is 43.6 Å². The molecule has 0 N–H and O–H groups in total. The Morgan fingerprint density at radius 1 is 1.03 bits per heavy atom. The van der Waals surface area contributed by atoms with Gasteiger partial charge in [0.15, 0.2) is 0 Å². The van der Waals surface area contributed by atoms with Crippen LogP contribution in [0.15, 0.2) is 36.8 Å². The molecule has 9 heteroatoms. The summed E-state index contributed by atoms with van der Waals surface area (Å²) in [5, 5.41) is 10.9. The van der Waals surface area contributed by atoms with Crippen molar-refractivity contribution < 1.29 is 9.63 Å². The summed E-state index contributed by atoms with van der Waals surface area (Å²) in [6.07, 6.45) is 8.35. The molecule has 190 valence electrons. The van der Waals surface area contributed by atoms with Gasteiger partial charge in [-0.3, -0.25) is 14.2 Å². The number of hydrogen-bond donors (Lipinski definition) is 0. The fourth-order valence-electron chi connectivity index (χ4n) is 5.54. The highest BCUT2D eigenvalue weighted by atomic mass is 16.7. The number of hydrogen-bond acceptors (Lipinski definition) is 7. The Morgan fingerprint density at radius 2 is 1.81 bits per heavy atom. The molecule has 1 aliphatic carbocycles. The van der Waals surface area contributed by atoms with Crippen LogP contribution in [0.5, 0.6) is 0 Å². The molecule has 1 saturated carbocycles. The quantitative estimate of drug-likeness (QED) is 0.522. The van der Waals surface area contributed by atoms with Crippen molar-refractivity contribution in [1.29, 1.82) is 5.26 Å². The summed E-state index contributed by atoms with van der Waals surface area (Å²) in [5.74, 6) is 3.16. The lowest BCUT2D eigenvalue weighted by Gasteiger charge is -2.34. The van der Waals surface area contributed by atoms with Gasteiger partial charge in [-0.15, -0.1) is 0 Å². The van der Waals surface area contributed by atoms with E-state index in [4.69, 9.17) is 9.82 Å². The molecule has 3 aliphatic rings. The Hall–Kier alpha value is -3.77. The van der Waals surface area contributed by atoms with E-state index in [1.807, 2.05) is 42.7 Å². The number of amides is 1. The molecule has 37 heavy (non-hydrogen) atoms. The van der Waals surface area contributed by atoms with Gasteiger partial charge in [-0.25, -0.2) is 20.0 Å². The maximum atomic E-state index is 13.5. The first-order valence-corrected chi connectivity index (χ1v) is 13.1. The van der Waals surface area contributed by atoms with Gasteiger partial charge in [0.2, 0.25) is 5.91 Å². The van der Waals surface area contributed by atoms with Crippen molar-refractivity contribution in [2.24, 2.45) is 5.92 Å². The molecule has 2 aliphatic heterocycles. The number of imidazole rings is 1. The van der Waals surface area contributed by atoms with Gasteiger partial charge in [0.05, 0.1) is 30.0 Å². The fraction of sp³-hybridized carbons (Fsp3) is 0.464. The largest absolute Gasteiger partial charge is 0.356 e. The Kier molecular flexibility index (Phi) is 6.13. The molecule has 0 bridgehead atoms. The molecule has 9 nitrogen and oxygen atoms in total. The standard InChI is InChI=1S/C28H31N7O2/c1-18-11-20(15-29)13-23(12-18)25-7-10-37-35(25)28(36)22-5-8-33(9-6-22)26-14-27(31-17-30-26)34-16-24(21-3-4-21)32-19(34)2/h11-14,16-17,21-22,25H,3-10H2,1-2H3/t25-/m0/s1. The average molecular weight is 498 g/mol. The highest BCUT2D eigenvalue weighted by Crippen LogP contribution is 2.39. The molecule has 0 radical (unpaired) electrons. The van der Waals surface area contributed by atoms with Crippen LogP contribution in [0.4, 0.5) is 5.82 Å². The van der Waals surface area contributed by atoms with Crippen LogP contribution >= 0.6 is 0 Å². The van der Waals surface area contributed by atoms with E-state index in [-0.39, 0.29) is 17.9 Å². The highest BCUT2D eigenvalue weighted by molar-refractivity contribution is 5.79. The topological polar surface area (TPSA) is 100 Å². The second-order valence-electron chi connectivity index (χ2n) is 10.4. The number of hydroxylamine groups is 2. The zero-order valence-corrected chi connectivity index (χ0v) is 21.3. The van der Waals surface area contributed by atoms with Crippen molar-refractivity contribution in [3.8, 4) is 11.9 Å². The first-order valence-electron chi connectivity index (χ1n) is 13.1. The number of aryl methyl sites for hydroxylation is 2. The summed E-state index contributed by atoms with van der Waals surface area (Å²) < 4.78 is 2.04. The number of nitrogens with zero attached hydrogens (tertiary/aromatic N) is 7. The summed E-state index contributed by atoms with van der Waals surface area (Å²) in [5.41, 5.74) is 3.74. The van der Waals surface area contributed by atoms with E-state index < -0.39 is 0 Å². The zero-order chi connectivity index (χ0) is 25.5. The summed E-state index contributed by atoms with van der Waals surface area (Å²) >= 11 is 0. The van der Waals surface area contributed by atoms with E-state index in [1.54, 1.807) is 11.4 Å². The van der Waals surface area contributed by atoms with E-state index >= 15 is 0 Å². The van der Waals surface area contributed by atoms with E-state index in [1.165, 1.54) is 12.8 Å². The van der Waals surface area contributed by atoms with Crippen molar-refractivity contribution in [2.75, 3.05) is 24.6 Å². The first-order chi connectivity index (χ1) is 18.0. The normalized spacial score (nSPS) is 20.3. The molecule has 2 saturated heterocycles. The van der Waals surface area contributed by atoms with Crippen molar-refractivity contribution in [3.63, 3.8) is 0 Å². The van der Waals surface area contributed by atoms with Gasteiger partial charge < -0.3 is 4.90 Å². The summed E-state index contributed by atoms with van der Waals surface area (Å²) in [6.45, 7) is 5.97. The van der Waals surface area contributed by atoms with Crippen molar-refractivity contribution >= 4 is 11.7 Å². The molecule has 0 spiro atoms. The lowest BCUT2D eigenvalue weighted by molar-refractivity contribution is -0.182. The number of anilines is 1. The van der Waals surface area contributed by atoms with Gasteiger partial charge in [-0.2, -0.15) is 5.26 Å². The maximum Gasteiger partial charge on any atom is 0.249 e. The number of benzene rings is 1. The van der Waals surface area contributed by atoms with Crippen molar-refractivity contribution in [3.05, 3.63) is 65.0 Å². The van der Waals surface area contributed by atoms with E-state index in [0.29, 0.717) is 18.1 Å². The highest BCUT2D eigenvalue weighted by Gasteiger charge is 2.37. The number of nitriles is 1. The molecule has 4 heterocycles. The number of carbonyl (C=O) groups is 1. The Morgan fingerprint density at radius 3 is 2.57 bits per heavy atom. The molecular weight excluding hydrogens is 466 g/mol. The van der Waals surface area contributed by atoms with E-state index in [2.05, 4.69) is 27.1 Å². The van der Waals surface area contributed by atoms with Gasteiger partial charge in [0.25, 0.3) is 0 Å². The van der Waals surface area contributed by atoms with Gasteiger partial charge >= 0.3 is 0 Å². The van der Waals surface area contributed by atoms with Crippen LogP contribution in [0, 0.1) is 31.1 Å². The number of rotatable bonds is 5. The van der Waals surface area contributed by atoms with Crippen LogP contribution in [0.2, 0.25) is 0 Å². The molecule has 3 fully saturated rings. The Balaban J connectivity index is 1.13. The molecular formula is C28H31N7O2. The van der Waals surface area contributed by atoms with Crippen LogP contribution in [0.25, 0.3) is 5.82 Å². The van der Waals surface area contributed by atoms with Crippen LogP contribution in [0.3, 0.4) is 0 Å². The van der Waals surface area contributed by atoms with Crippen LogP contribution in [-0.4, -0.2) is 50.2 Å². The maximum absolute atomic E-state index is 13.5. The van der Waals surface area contributed by atoms with Crippen LogP contribution in [-0.2, 0) is 9.63 Å². The zero-order valence-electron chi connectivity index (χ0n) is 21.3. The lowest BCUT2D eigenvalue weighted by Crippen LogP contribution is -2.42. The first kappa shape index (κ1) is 23.6. The molecule has 1 aromatic carbocycles. The van der Waals surface area contributed by atoms with Crippen molar-refractivity contribution in [2.45, 2.75) is 57.9 Å². The molecule has 2 aromatic heterocycles. The smallest absolute Gasteiger partial charge is 0.249 e. The Bertz CT molecular complexity index is 1370. The molecule has 1 atom stereocenters. The summed E-state index contributed by atoms with van der Waals surface area (Å²) in [6, 6.07) is 9.86. The monoisotopic (exact) mass is 497 g/mol. The average Bonchev–Trinajstić information content (AvgIpc) is 3.52. The summed E-state index contributed by atoms with van der Waals surface area (Å²) in [7, 11) is 0. The third kappa shape index (κ3) is 4.69. The van der Waals surface area contributed by atoms with Crippen LogP contribution in [0.1, 0.15) is 72.3 Å². The van der Waals surface area contributed by atoms with E-state index in [0.717, 1.165) is 66.6 Å². The minimum absolute atomic E-state index is 0.0344. The van der Waals surface area contributed by atoms with E-state index in [9.17, 15) is 10.1 Å². The lowest BCUT2D eigenvalue weighted by atomic mass is 9.94. The molecule has 6 rings (SSSR count). The predicted octanol–water partition coefficient (Wildman–Crippen LogP) is 4.15. The second-order valence-corrected chi connectivity index (χ2v) is 10.4. The number of aromatic nitrogens is 4. The number of piperidine rings is 1.